The van der Waals surface area contributed by atoms with Crippen LogP contribution in [0.3, 0.4) is 0 Å². The molecule has 2 fully saturated rings. The quantitative estimate of drug-likeness (QED) is 0.720. The predicted octanol–water partition coefficient (Wildman–Crippen LogP) is 4.53. The summed E-state index contributed by atoms with van der Waals surface area (Å²) >= 11 is 6.13. The van der Waals surface area contributed by atoms with Gasteiger partial charge in [-0.15, -0.1) is 0 Å². The maximum atomic E-state index is 12.7. The molecule has 0 atom stereocenters. The molecule has 2 aliphatic rings. The highest BCUT2D eigenvalue weighted by molar-refractivity contribution is 6.30. The van der Waals surface area contributed by atoms with E-state index in [1.807, 2.05) is 18.2 Å². The highest BCUT2D eigenvalue weighted by Crippen LogP contribution is 2.40. The van der Waals surface area contributed by atoms with Crippen LogP contribution in [0.2, 0.25) is 5.02 Å². The molecule has 1 amide bonds. The normalized spacial score (nSPS) is 23.0. The van der Waals surface area contributed by atoms with E-state index < -0.39 is 0 Å². The van der Waals surface area contributed by atoms with Crippen molar-refractivity contribution in [3.8, 4) is 0 Å². The Morgan fingerprint density at radius 3 is 2.39 bits per heavy atom. The lowest BCUT2D eigenvalue weighted by atomic mass is 9.74. The van der Waals surface area contributed by atoms with Crippen LogP contribution in [0.4, 0.5) is 5.69 Å². The summed E-state index contributed by atoms with van der Waals surface area (Å²) in [4.78, 5) is 19.8. The van der Waals surface area contributed by atoms with E-state index in [0.29, 0.717) is 12.3 Å². The van der Waals surface area contributed by atoms with Crippen molar-refractivity contribution in [2.45, 2.75) is 47.0 Å². The summed E-state index contributed by atoms with van der Waals surface area (Å²) in [5.74, 6) is 0.335. The molecule has 0 unspecified atom stereocenters. The molecule has 2 saturated heterocycles. The van der Waals surface area contributed by atoms with E-state index in [0.717, 1.165) is 63.7 Å². The first-order valence-corrected chi connectivity index (χ1v) is 11.0. The van der Waals surface area contributed by atoms with Crippen molar-refractivity contribution in [2.75, 3.05) is 50.7 Å². The molecule has 0 aliphatic carbocycles. The lowest BCUT2D eigenvalue weighted by Gasteiger charge is -2.36. The molecule has 0 aromatic heterocycles. The Labute approximate surface area is 175 Å². The number of hydrogen-bond acceptors (Lipinski definition) is 3. The molecule has 1 aromatic rings. The van der Waals surface area contributed by atoms with Crippen molar-refractivity contribution in [3.63, 3.8) is 0 Å². The second-order valence-corrected chi connectivity index (χ2v) is 10.6. The first-order valence-electron chi connectivity index (χ1n) is 10.6. The number of likely N-dealkylation sites (tertiary alicyclic amines) is 1. The number of anilines is 1. The third-order valence-corrected chi connectivity index (χ3v) is 6.24. The van der Waals surface area contributed by atoms with Gasteiger partial charge < -0.3 is 9.80 Å². The summed E-state index contributed by atoms with van der Waals surface area (Å²) in [5.41, 5.74) is 1.51. The molecule has 2 aliphatic heterocycles. The summed E-state index contributed by atoms with van der Waals surface area (Å²) in [6.45, 7) is 16.1. The van der Waals surface area contributed by atoms with Crippen LogP contribution in [0.25, 0.3) is 0 Å². The number of hydrogen-bond donors (Lipinski definition) is 0. The predicted molar refractivity (Wildman–Crippen MR) is 118 cm³/mol. The van der Waals surface area contributed by atoms with Gasteiger partial charge in [0, 0.05) is 56.4 Å². The van der Waals surface area contributed by atoms with Crippen molar-refractivity contribution < 1.29 is 4.79 Å². The van der Waals surface area contributed by atoms with Gasteiger partial charge >= 0.3 is 0 Å². The van der Waals surface area contributed by atoms with Crippen molar-refractivity contribution in [1.82, 2.24) is 9.80 Å². The van der Waals surface area contributed by atoms with Crippen LogP contribution in [-0.4, -0.2) is 61.5 Å². The standard InChI is InChI=1S/C23H36ClN3O/c1-22(2)16-21(28)27(18-23(3,4)17-22)10-6-9-25-11-13-26(14-12-25)20-8-5-7-19(24)15-20/h5,7-8,15H,6,9-14,16-18H2,1-4H3. The molecule has 0 bridgehead atoms. The Balaban J connectivity index is 1.45. The van der Waals surface area contributed by atoms with Gasteiger partial charge in [-0.3, -0.25) is 9.69 Å². The monoisotopic (exact) mass is 405 g/mol. The summed E-state index contributed by atoms with van der Waals surface area (Å²) < 4.78 is 0. The molecule has 28 heavy (non-hydrogen) atoms. The van der Waals surface area contributed by atoms with E-state index >= 15 is 0 Å². The summed E-state index contributed by atoms with van der Waals surface area (Å²) in [5, 5.41) is 0.799. The fourth-order valence-corrected chi connectivity index (χ4v) is 5.32. The van der Waals surface area contributed by atoms with Crippen LogP contribution < -0.4 is 4.90 Å². The highest BCUT2D eigenvalue weighted by Gasteiger charge is 2.37. The number of benzene rings is 1. The van der Waals surface area contributed by atoms with Crippen molar-refractivity contribution in [2.24, 2.45) is 10.8 Å². The molecule has 3 rings (SSSR count). The molecular weight excluding hydrogens is 370 g/mol. The zero-order valence-electron chi connectivity index (χ0n) is 18.0. The van der Waals surface area contributed by atoms with Crippen LogP contribution in [-0.2, 0) is 4.79 Å². The van der Waals surface area contributed by atoms with E-state index in [4.69, 9.17) is 11.6 Å². The van der Waals surface area contributed by atoms with E-state index in [1.165, 1.54) is 5.69 Å². The smallest absolute Gasteiger partial charge is 0.223 e. The molecule has 0 radical (unpaired) electrons. The number of amides is 1. The number of nitrogens with zero attached hydrogens (tertiary/aromatic N) is 3. The Kier molecular flexibility index (Phi) is 6.61. The second kappa shape index (κ2) is 8.62. The number of rotatable bonds is 5. The fourth-order valence-electron chi connectivity index (χ4n) is 5.13. The van der Waals surface area contributed by atoms with E-state index in [-0.39, 0.29) is 10.8 Å². The van der Waals surface area contributed by atoms with Crippen LogP contribution >= 0.6 is 11.6 Å². The van der Waals surface area contributed by atoms with Gasteiger partial charge in [0.15, 0.2) is 0 Å². The topological polar surface area (TPSA) is 26.8 Å². The maximum Gasteiger partial charge on any atom is 0.223 e. The maximum absolute atomic E-state index is 12.7. The number of carbonyl (C=O) groups is 1. The molecule has 5 heteroatoms. The van der Waals surface area contributed by atoms with E-state index in [1.54, 1.807) is 0 Å². The van der Waals surface area contributed by atoms with Crippen molar-refractivity contribution in [1.29, 1.82) is 0 Å². The number of carbonyl (C=O) groups excluding carboxylic acids is 1. The molecule has 1 aromatic carbocycles. The Morgan fingerprint density at radius 2 is 1.71 bits per heavy atom. The summed E-state index contributed by atoms with van der Waals surface area (Å²) in [6.07, 6.45) is 2.84. The third kappa shape index (κ3) is 5.87. The third-order valence-electron chi connectivity index (χ3n) is 6.01. The average molecular weight is 406 g/mol. The fraction of sp³-hybridized carbons (Fsp3) is 0.696. The molecule has 0 saturated carbocycles. The molecule has 0 N–H and O–H groups in total. The van der Waals surface area contributed by atoms with E-state index in [2.05, 4.69) is 48.5 Å². The summed E-state index contributed by atoms with van der Waals surface area (Å²) in [7, 11) is 0. The molecule has 156 valence electrons. The lowest BCUT2D eigenvalue weighted by molar-refractivity contribution is -0.132. The van der Waals surface area contributed by atoms with Crippen LogP contribution in [0, 0.1) is 10.8 Å². The molecule has 2 heterocycles. The zero-order chi connectivity index (χ0) is 20.4. The number of piperazine rings is 1. The van der Waals surface area contributed by atoms with Gasteiger partial charge in [0.05, 0.1) is 0 Å². The summed E-state index contributed by atoms with van der Waals surface area (Å²) in [6, 6.07) is 8.12. The Morgan fingerprint density at radius 1 is 1.00 bits per heavy atom. The van der Waals surface area contributed by atoms with Crippen molar-refractivity contribution >= 4 is 23.2 Å². The van der Waals surface area contributed by atoms with E-state index in [9.17, 15) is 4.79 Å². The van der Waals surface area contributed by atoms with Gasteiger partial charge in [0.2, 0.25) is 5.91 Å². The second-order valence-electron chi connectivity index (χ2n) is 10.2. The highest BCUT2D eigenvalue weighted by atomic mass is 35.5. The first-order chi connectivity index (χ1) is 13.1. The van der Waals surface area contributed by atoms with Crippen LogP contribution in [0.1, 0.15) is 47.0 Å². The molecule has 4 nitrogen and oxygen atoms in total. The average Bonchev–Trinajstić information content (AvgIpc) is 2.67. The zero-order valence-corrected chi connectivity index (χ0v) is 18.8. The van der Waals surface area contributed by atoms with Gasteiger partial charge in [-0.25, -0.2) is 0 Å². The first kappa shape index (κ1) is 21.4. The minimum absolute atomic E-state index is 0.103. The lowest BCUT2D eigenvalue weighted by Crippen LogP contribution is -2.47. The molecular formula is C23H36ClN3O. The van der Waals surface area contributed by atoms with Crippen LogP contribution in [0.15, 0.2) is 24.3 Å². The van der Waals surface area contributed by atoms with Gasteiger partial charge in [-0.05, 0) is 48.4 Å². The number of halogens is 1. The van der Waals surface area contributed by atoms with Crippen LogP contribution in [0.5, 0.6) is 0 Å². The minimum atomic E-state index is 0.103. The Hall–Kier alpha value is -1.26. The largest absolute Gasteiger partial charge is 0.369 e. The van der Waals surface area contributed by atoms with Gasteiger partial charge in [0.25, 0.3) is 0 Å². The Bertz CT molecular complexity index is 680. The minimum Gasteiger partial charge on any atom is -0.369 e. The van der Waals surface area contributed by atoms with Gasteiger partial charge in [-0.2, -0.15) is 0 Å². The van der Waals surface area contributed by atoms with Gasteiger partial charge in [0.1, 0.15) is 0 Å². The van der Waals surface area contributed by atoms with Crippen molar-refractivity contribution in [3.05, 3.63) is 29.3 Å². The molecule has 0 spiro atoms. The SMILES string of the molecule is CC1(C)CC(=O)N(CCCN2CCN(c3cccc(Cl)c3)CC2)CC(C)(C)C1. The van der Waals surface area contributed by atoms with Gasteiger partial charge in [-0.1, -0.05) is 45.4 Å².